The zero-order chi connectivity index (χ0) is 14.9. The fourth-order valence-electron chi connectivity index (χ4n) is 1.07. The van der Waals surface area contributed by atoms with Crippen LogP contribution in [0.1, 0.15) is 33.1 Å². The molecule has 0 aliphatic rings. The molecule has 2 N–H and O–H groups in total. The molecule has 0 aromatic rings. The van der Waals surface area contributed by atoms with Crippen LogP contribution in [0.25, 0.3) is 0 Å². The van der Waals surface area contributed by atoms with Crippen molar-refractivity contribution in [3.63, 3.8) is 0 Å². The molecule has 1 unspecified atom stereocenters. The van der Waals surface area contributed by atoms with E-state index in [-0.39, 0.29) is 13.0 Å². The van der Waals surface area contributed by atoms with Crippen molar-refractivity contribution in [2.45, 2.75) is 39.2 Å². The monoisotopic (exact) mass is 298 g/mol. The summed E-state index contributed by atoms with van der Waals surface area (Å²) in [5.41, 5.74) is 0. The molecule has 0 bridgehead atoms. The van der Waals surface area contributed by atoms with Crippen LogP contribution in [0.2, 0.25) is 0 Å². The summed E-state index contributed by atoms with van der Waals surface area (Å²) in [6, 6.07) is 0. The molecule has 0 radical (unpaired) electrons. The molecule has 112 valence electrons. The van der Waals surface area contributed by atoms with Crippen LogP contribution in [0.5, 0.6) is 0 Å². The number of esters is 2. The fraction of sp³-hybridized carbons (Fsp3) is 0.800. The van der Waals surface area contributed by atoms with Gasteiger partial charge in [0.05, 0.1) is 6.61 Å². The van der Waals surface area contributed by atoms with Gasteiger partial charge in [-0.25, -0.2) is 4.57 Å². The second kappa shape index (κ2) is 9.03. The van der Waals surface area contributed by atoms with Crippen molar-refractivity contribution < 1.29 is 37.9 Å². The van der Waals surface area contributed by atoms with Crippen LogP contribution in [0, 0.1) is 0 Å². The van der Waals surface area contributed by atoms with Gasteiger partial charge in [0.2, 0.25) is 0 Å². The molecule has 0 spiro atoms. The summed E-state index contributed by atoms with van der Waals surface area (Å²) in [7, 11) is -4.66. The van der Waals surface area contributed by atoms with E-state index in [0.717, 1.165) is 6.42 Å². The zero-order valence-corrected chi connectivity index (χ0v) is 11.8. The minimum Gasteiger partial charge on any atom is -0.462 e. The second-order valence-electron chi connectivity index (χ2n) is 3.80. The first-order valence-corrected chi connectivity index (χ1v) is 7.30. The molecule has 0 rings (SSSR count). The van der Waals surface area contributed by atoms with Gasteiger partial charge in [-0.05, 0) is 6.42 Å². The van der Waals surface area contributed by atoms with Crippen molar-refractivity contribution in [3.05, 3.63) is 0 Å². The van der Waals surface area contributed by atoms with Crippen LogP contribution in [-0.4, -0.2) is 41.0 Å². The Kier molecular flexibility index (Phi) is 8.58. The summed E-state index contributed by atoms with van der Waals surface area (Å²) in [6.07, 6.45) is 0.588. The number of hydrogen-bond acceptors (Lipinski definition) is 6. The topological polar surface area (TPSA) is 119 Å². The highest BCUT2D eigenvalue weighted by atomic mass is 31.2. The predicted octanol–water partition coefficient (Wildman–Crippen LogP) is 0.761. The smallest absolute Gasteiger partial charge is 0.462 e. The zero-order valence-electron chi connectivity index (χ0n) is 10.9. The molecule has 0 saturated heterocycles. The lowest BCUT2D eigenvalue weighted by Crippen LogP contribution is -2.29. The molecule has 0 fully saturated rings. The molecule has 0 aliphatic carbocycles. The van der Waals surface area contributed by atoms with Crippen molar-refractivity contribution >= 4 is 19.8 Å². The summed E-state index contributed by atoms with van der Waals surface area (Å²) < 4.78 is 24.3. The largest absolute Gasteiger partial charge is 0.469 e. The van der Waals surface area contributed by atoms with E-state index in [1.807, 2.05) is 6.92 Å². The lowest BCUT2D eigenvalue weighted by Gasteiger charge is -2.17. The normalized spacial score (nSPS) is 12.8. The van der Waals surface area contributed by atoms with Crippen LogP contribution < -0.4 is 0 Å². The van der Waals surface area contributed by atoms with Crippen LogP contribution in [0.15, 0.2) is 0 Å². The third kappa shape index (κ3) is 11.9. The minimum atomic E-state index is -4.66. The maximum atomic E-state index is 11.4. The highest BCUT2D eigenvalue weighted by molar-refractivity contribution is 7.46. The minimum absolute atomic E-state index is 0.184. The maximum absolute atomic E-state index is 11.4. The van der Waals surface area contributed by atoms with Gasteiger partial charge in [0, 0.05) is 13.3 Å². The van der Waals surface area contributed by atoms with Crippen LogP contribution in [-0.2, 0) is 28.2 Å². The summed E-state index contributed by atoms with van der Waals surface area (Å²) in [5, 5.41) is 0. The third-order valence-electron chi connectivity index (χ3n) is 1.93. The van der Waals surface area contributed by atoms with Gasteiger partial charge in [-0.1, -0.05) is 13.3 Å². The van der Waals surface area contributed by atoms with Gasteiger partial charge in [0.1, 0.15) is 6.61 Å². The molecule has 9 heteroatoms. The lowest BCUT2D eigenvalue weighted by atomic mass is 10.2. The van der Waals surface area contributed by atoms with E-state index >= 15 is 0 Å². The Bertz CT molecular complexity index is 336. The Morgan fingerprint density at radius 1 is 1.26 bits per heavy atom. The summed E-state index contributed by atoms with van der Waals surface area (Å²) >= 11 is 0. The average Bonchev–Trinajstić information content (AvgIpc) is 2.28. The van der Waals surface area contributed by atoms with E-state index in [2.05, 4.69) is 9.26 Å². The van der Waals surface area contributed by atoms with Crippen LogP contribution in [0.4, 0.5) is 0 Å². The summed E-state index contributed by atoms with van der Waals surface area (Å²) in [5.74, 6) is -1.13. The third-order valence-corrected chi connectivity index (χ3v) is 2.42. The molecule has 8 nitrogen and oxygen atoms in total. The van der Waals surface area contributed by atoms with E-state index in [1.54, 1.807) is 0 Å². The average molecular weight is 298 g/mol. The van der Waals surface area contributed by atoms with Gasteiger partial charge in [-0.2, -0.15) is 0 Å². The highest BCUT2D eigenvalue weighted by Crippen LogP contribution is 2.35. The number of rotatable bonds is 9. The Balaban J connectivity index is 4.27. The SMILES string of the molecule is CCCCC(=O)OC(COC(C)=O)COP(=O)(O)O. The van der Waals surface area contributed by atoms with Crippen molar-refractivity contribution in [2.24, 2.45) is 0 Å². The summed E-state index contributed by atoms with van der Waals surface area (Å²) in [4.78, 5) is 39.1. The Morgan fingerprint density at radius 2 is 1.89 bits per heavy atom. The molecular weight excluding hydrogens is 279 g/mol. The Hall–Kier alpha value is -0.950. The quantitative estimate of drug-likeness (QED) is 0.473. The molecular formula is C10H19O8P. The van der Waals surface area contributed by atoms with Crippen molar-refractivity contribution in [3.8, 4) is 0 Å². The second-order valence-corrected chi connectivity index (χ2v) is 5.04. The molecule has 0 aromatic heterocycles. The van der Waals surface area contributed by atoms with Crippen molar-refractivity contribution in [1.82, 2.24) is 0 Å². The molecule has 0 aliphatic heterocycles. The molecule has 19 heavy (non-hydrogen) atoms. The predicted molar refractivity (Wildman–Crippen MR) is 64.0 cm³/mol. The Labute approximate surface area is 111 Å². The number of carbonyl (C=O) groups excluding carboxylic acids is 2. The van der Waals surface area contributed by atoms with Crippen molar-refractivity contribution in [2.75, 3.05) is 13.2 Å². The molecule has 0 aromatic carbocycles. The molecule has 1 atom stereocenters. The van der Waals surface area contributed by atoms with Gasteiger partial charge < -0.3 is 19.3 Å². The molecule has 0 saturated carbocycles. The summed E-state index contributed by atoms with van der Waals surface area (Å²) in [6.45, 7) is 2.21. The van der Waals surface area contributed by atoms with E-state index in [1.165, 1.54) is 6.92 Å². The van der Waals surface area contributed by atoms with E-state index in [9.17, 15) is 14.2 Å². The number of phosphoric ester groups is 1. The fourth-order valence-corrected chi connectivity index (χ4v) is 1.43. The van der Waals surface area contributed by atoms with Crippen LogP contribution in [0.3, 0.4) is 0 Å². The van der Waals surface area contributed by atoms with Crippen LogP contribution >= 0.6 is 7.82 Å². The van der Waals surface area contributed by atoms with E-state index in [0.29, 0.717) is 6.42 Å². The van der Waals surface area contributed by atoms with Gasteiger partial charge in [0.25, 0.3) is 0 Å². The van der Waals surface area contributed by atoms with E-state index < -0.39 is 32.5 Å². The van der Waals surface area contributed by atoms with Gasteiger partial charge >= 0.3 is 19.8 Å². The number of ether oxygens (including phenoxy) is 2. The first-order valence-electron chi connectivity index (χ1n) is 5.77. The maximum Gasteiger partial charge on any atom is 0.469 e. The Morgan fingerprint density at radius 3 is 2.37 bits per heavy atom. The highest BCUT2D eigenvalue weighted by Gasteiger charge is 2.22. The standard InChI is InChI=1S/C10H19O8P/c1-3-4-5-10(12)18-9(6-16-8(2)11)7-17-19(13,14)15/h9H,3-7H2,1-2H3,(H2,13,14,15). The lowest BCUT2D eigenvalue weighted by molar-refractivity contribution is -0.160. The first kappa shape index (κ1) is 18.0. The number of phosphoric acid groups is 1. The molecule has 0 heterocycles. The van der Waals surface area contributed by atoms with E-state index in [4.69, 9.17) is 14.5 Å². The van der Waals surface area contributed by atoms with Crippen molar-refractivity contribution in [1.29, 1.82) is 0 Å². The number of carbonyl (C=O) groups is 2. The first-order chi connectivity index (χ1) is 8.74. The van der Waals surface area contributed by atoms with Gasteiger partial charge in [-0.15, -0.1) is 0 Å². The van der Waals surface area contributed by atoms with Gasteiger partial charge in [-0.3, -0.25) is 14.1 Å². The number of unbranched alkanes of at least 4 members (excludes halogenated alkanes) is 1. The molecule has 0 amide bonds. The number of hydrogen-bond donors (Lipinski definition) is 2. The van der Waals surface area contributed by atoms with Gasteiger partial charge in [0.15, 0.2) is 6.10 Å².